The molecule has 136 valence electrons. The Hall–Kier alpha value is -3.03. The van der Waals surface area contributed by atoms with Gasteiger partial charge < -0.3 is 9.84 Å². The molecule has 0 radical (unpaired) electrons. The molecule has 0 spiro atoms. The maximum atomic E-state index is 13.8. The lowest BCUT2D eigenvalue weighted by molar-refractivity contribution is 0.0937. The predicted octanol–water partition coefficient (Wildman–Crippen LogP) is 2.74. The molecule has 0 saturated carbocycles. The van der Waals surface area contributed by atoms with Gasteiger partial charge >= 0.3 is 0 Å². The molecule has 0 saturated heterocycles. The lowest BCUT2D eigenvalue weighted by atomic mass is 10.1. The summed E-state index contributed by atoms with van der Waals surface area (Å²) in [6.45, 7) is 4.24. The summed E-state index contributed by atoms with van der Waals surface area (Å²) in [6.07, 6.45) is 0.802. The van der Waals surface area contributed by atoms with E-state index in [1.807, 2.05) is 0 Å². The van der Waals surface area contributed by atoms with E-state index in [1.54, 1.807) is 36.0 Å². The number of carbonyl (C=O) groups is 1. The number of amides is 1. The Morgan fingerprint density at radius 3 is 2.85 bits per heavy atom. The molecule has 0 unspecified atom stereocenters. The Morgan fingerprint density at radius 2 is 2.12 bits per heavy atom. The van der Waals surface area contributed by atoms with Crippen LogP contribution in [0.3, 0.4) is 0 Å². The highest BCUT2D eigenvalue weighted by atomic mass is 19.1. The van der Waals surface area contributed by atoms with Crippen molar-refractivity contribution in [3.63, 3.8) is 0 Å². The van der Waals surface area contributed by atoms with Crippen LogP contribution in [0.1, 0.15) is 35.9 Å². The fourth-order valence-electron chi connectivity index (χ4n) is 2.58. The van der Waals surface area contributed by atoms with Crippen LogP contribution in [-0.2, 0) is 20.0 Å². The van der Waals surface area contributed by atoms with Crippen molar-refractivity contribution in [1.82, 2.24) is 25.2 Å². The van der Waals surface area contributed by atoms with Gasteiger partial charge in [-0.25, -0.2) is 4.39 Å². The molecule has 1 aromatic carbocycles. The van der Waals surface area contributed by atoms with E-state index in [-0.39, 0.29) is 29.7 Å². The molecule has 0 bridgehead atoms. The Kier molecular flexibility index (Phi) is 5.11. The van der Waals surface area contributed by atoms with Crippen LogP contribution >= 0.6 is 0 Å². The number of hydrogen-bond acceptors (Lipinski definition) is 5. The van der Waals surface area contributed by atoms with E-state index < -0.39 is 5.82 Å². The third-order valence-electron chi connectivity index (χ3n) is 3.76. The molecule has 0 fully saturated rings. The summed E-state index contributed by atoms with van der Waals surface area (Å²) < 4.78 is 20.4. The maximum absolute atomic E-state index is 13.8. The van der Waals surface area contributed by atoms with Gasteiger partial charge in [0.05, 0.1) is 17.8 Å². The number of hydrogen-bond donors (Lipinski definition) is 1. The van der Waals surface area contributed by atoms with Crippen LogP contribution in [-0.4, -0.2) is 25.8 Å². The van der Waals surface area contributed by atoms with E-state index in [9.17, 15) is 9.18 Å². The topological polar surface area (TPSA) is 85.8 Å². The summed E-state index contributed by atoms with van der Waals surface area (Å²) >= 11 is 0. The van der Waals surface area contributed by atoms with E-state index in [1.165, 1.54) is 6.07 Å². The standard InChI is InChI=1S/C18H20FN5O2/c1-11(2)8-12-9-15(24(3)22-12)18(25)20-10-16-21-17(23-26-16)13-6-4-5-7-14(13)19/h4-7,9,11H,8,10H2,1-3H3,(H,20,25). The zero-order chi connectivity index (χ0) is 18.7. The molecule has 0 aliphatic heterocycles. The minimum Gasteiger partial charge on any atom is -0.342 e. The molecule has 0 aliphatic carbocycles. The molecule has 7 nitrogen and oxygen atoms in total. The summed E-state index contributed by atoms with van der Waals surface area (Å²) in [5, 5.41) is 10.8. The van der Waals surface area contributed by atoms with E-state index in [4.69, 9.17) is 4.52 Å². The van der Waals surface area contributed by atoms with E-state index in [0.29, 0.717) is 11.6 Å². The first-order chi connectivity index (χ1) is 12.4. The molecule has 3 rings (SSSR count). The fraction of sp³-hybridized carbons (Fsp3) is 0.333. The SMILES string of the molecule is CC(C)Cc1cc(C(=O)NCc2nc(-c3ccccc3F)no2)n(C)n1. The zero-order valence-corrected chi connectivity index (χ0v) is 14.9. The van der Waals surface area contributed by atoms with Gasteiger partial charge in [-0.1, -0.05) is 31.1 Å². The molecule has 3 aromatic rings. The number of benzene rings is 1. The van der Waals surface area contributed by atoms with Gasteiger partial charge in [0, 0.05) is 7.05 Å². The van der Waals surface area contributed by atoms with E-state index >= 15 is 0 Å². The quantitative estimate of drug-likeness (QED) is 0.733. The van der Waals surface area contributed by atoms with Crippen LogP contribution in [0, 0.1) is 11.7 Å². The first kappa shape index (κ1) is 17.8. The molecule has 2 heterocycles. The summed E-state index contributed by atoms with van der Waals surface area (Å²) in [4.78, 5) is 16.5. The molecular weight excluding hydrogens is 337 g/mol. The molecule has 0 atom stereocenters. The summed E-state index contributed by atoms with van der Waals surface area (Å²) in [6, 6.07) is 7.93. The van der Waals surface area contributed by atoms with Crippen molar-refractivity contribution in [2.75, 3.05) is 0 Å². The van der Waals surface area contributed by atoms with Crippen molar-refractivity contribution in [1.29, 1.82) is 0 Å². The average molecular weight is 357 g/mol. The van der Waals surface area contributed by atoms with Crippen molar-refractivity contribution in [2.45, 2.75) is 26.8 Å². The average Bonchev–Trinajstić information content (AvgIpc) is 3.19. The van der Waals surface area contributed by atoms with Gasteiger partial charge in [0.1, 0.15) is 11.5 Å². The van der Waals surface area contributed by atoms with E-state index in [2.05, 4.69) is 34.4 Å². The molecule has 1 N–H and O–H groups in total. The number of carbonyl (C=O) groups excluding carboxylic acids is 1. The number of aromatic nitrogens is 4. The number of nitrogens with zero attached hydrogens (tertiary/aromatic N) is 4. The lowest BCUT2D eigenvalue weighted by Crippen LogP contribution is -2.25. The number of aryl methyl sites for hydroxylation is 1. The van der Waals surface area contributed by atoms with Crippen molar-refractivity contribution < 1.29 is 13.7 Å². The summed E-state index contributed by atoms with van der Waals surface area (Å²) in [5.41, 5.74) is 1.57. The Bertz CT molecular complexity index is 916. The molecule has 8 heteroatoms. The van der Waals surface area contributed by atoms with E-state index in [0.717, 1.165) is 12.1 Å². The van der Waals surface area contributed by atoms with Crippen molar-refractivity contribution >= 4 is 5.91 Å². The smallest absolute Gasteiger partial charge is 0.269 e. The van der Waals surface area contributed by atoms with Crippen molar-refractivity contribution in [2.24, 2.45) is 13.0 Å². The van der Waals surface area contributed by atoms with Gasteiger partial charge in [-0.15, -0.1) is 0 Å². The van der Waals surface area contributed by atoms with Gasteiger partial charge in [-0.05, 0) is 30.5 Å². The molecule has 2 aromatic heterocycles. The Labute approximate surface area is 150 Å². The van der Waals surface area contributed by atoms with Gasteiger partial charge in [0.25, 0.3) is 5.91 Å². The fourth-order valence-corrected chi connectivity index (χ4v) is 2.58. The summed E-state index contributed by atoms with van der Waals surface area (Å²) in [7, 11) is 1.72. The normalized spacial score (nSPS) is 11.1. The third kappa shape index (κ3) is 3.96. The van der Waals surface area contributed by atoms with Crippen LogP contribution in [0.2, 0.25) is 0 Å². The van der Waals surface area contributed by atoms with Crippen molar-refractivity contribution in [3.05, 3.63) is 53.4 Å². The van der Waals surface area contributed by atoms with Crippen LogP contribution < -0.4 is 5.32 Å². The monoisotopic (exact) mass is 357 g/mol. The Balaban J connectivity index is 1.65. The minimum atomic E-state index is -0.434. The lowest BCUT2D eigenvalue weighted by Gasteiger charge is -2.01. The van der Waals surface area contributed by atoms with Crippen molar-refractivity contribution in [3.8, 4) is 11.4 Å². The highest BCUT2D eigenvalue weighted by molar-refractivity contribution is 5.92. The minimum absolute atomic E-state index is 0.0466. The van der Waals surface area contributed by atoms with Crippen LogP contribution in [0.5, 0.6) is 0 Å². The molecular formula is C18H20FN5O2. The predicted molar refractivity (Wildman–Crippen MR) is 92.6 cm³/mol. The second kappa shape index (κ2) is 7.47. The highest BCUT2D eigenvalue weighted by Crippen LogP contribution is 2.19. The third-order valence-corrected chi connectivity index (χ3v) is 3.76. The number of halogens is 1. The first-order valence-corrected chi connectivity index (χ1v) is 8.32. The molecule has 26 heavy (non-hydrogen) atoms. The van der Waals surface area contributed by atoms with Crippen LogP contribution in [0.4, 0.5) is 4.39 Å². The maximum Gasteiger partial charge on any atom is 0.269 e. The second-order valence-electron chi connectivity index (χ2n) is 6.42. The largest absolute Gasteiger partial charge is 0.342 e. The zero-order valence-electron chi connectivity index (χ0n) is 14.9. The number of nitrogens with one attached hydrogen (secondary N) is 1. The van der Waals surface area contributed by atoms with Gasteiger partial charge in [-0.3, -0.25) is 9.48 Å². The second-order valence-corrected chi connectivity index (χ2v) is 6.42. The van der Waals surface area contributed by atoms with Crippen LogP contribution in [0.15, 0.2) is 34.9 Å². The first-order valence-electron chi connectivity index (χ1n) is 8.32. The Morgan fingerprint density at radius 1 is 1.35 bits per heavy atom. The molecule has 1 amide bonds. The van der Waals surface area contributed by atoms with Crippen LogP contribution in [0.25, 0.3) is 11.4 Å². The molecule has 0 aliphatic rings. The number of rotatable bonds is 6. The van der Waals surface area contributed by atoms with Gasteiger partial charge in [-0.2, -0.15) is 10.1 Å². The summed E-state index contributed by atoms with van der Waals surface area (Å²) in [5.74, 6) is 0.0707. The highest BCUT2D eigenvalue weighted by Gasteiger charge is 2.16. The van der Waals surface area contributed by atoms with Gasteiger partial charge in [0.15, 0.2) is 0 Å². The van der Waals surface area contributed by atoms with Gasteiger partial charge in [0.2, 0.25) is 11.7 Å².